The minimum Gasteiger partial charge on any atom is -0.495 e. The lowest BCUT2D eigenvalue weighted by Crippen LogP contribution is -2.07. The standard InChI is InChI=1S/C14H19N.C13H19NO.C13H17NO.C13H19NO.C11H18N2O.C10H17N3O/c1-9(2)13-8-15-14(10(3)4)12-7-5-6-11(12)13;2*1-8(2)11-7-14-12(9(3)4)10-5-6-15-13(10)11;1-8(2)11-7-14-12(9(3)4)13-10(11)5-6-15-13;1-7(2)9-6-10(14-5)11(8(3)4)13-12-9;1-6(2)8-10(14-5)11-9(7(3)4)13-12-8/h5,7-10H,6H2,1-4H3;7-9H,5-6H2,1-4H3;5-9H,1-4H3;7-9H,5-6H2,1-4H3;6-8H,1-5H3;6-7H,1-5H3. The molecule has 480 valence electrons. The molecule has 14 heteroatoms. The van der Waals surface area contributed by atoms with Crippen LogP contribution in [-0.2, 0) is 19.3 Å². The third kappa shape index (κ3) is 18.2. The van der Waals surface area contributed by atoms with Gasteiger partial charge in [0.05, 0.1) is 56.5 Å². The van der Waals surface area contributed by atoms with Gasteiger partial charge in [0, 0.05) is 94.8 Å². The molecule has 7 aromatic rings. The van der Waals surface area contributed by atoms with Gasteiger partial charge in [0.15, 0.2) is 5.82 Å². The maximum Gasteiger partial charge on any atom is 0.239 e. The average molecular weight is 1200 g/mol. The van der Waals surface area contributed by atoms with Gasteiger partial charge in [-0.3, -0.25) is 19.9 Å². The van der Waals surface area contributed by atoms with Gasteiger partial charge in [0.1, 0.15) is 34.2 Å². The van der Waals surface area contributed by atoms with E-state index < -0.39 is 0 Å². The molecule has 7 aromatic heterocycles. The molecule has 1 aliphatic carbocycles. The Kier molecular flexibility index (Phi) is 27.1. The molecule has 0 atom stereocenters. The molecule has 0 radical (unpaired) electrons. The Balaban J connectivity index is 0.000000192. The first-order valence-corrected chi connectivity index (χ1v) is 32.6. The maximum absolute atomic E-state index is 5.74. The highest BCUT2D eigenvalue weighted by Gasteiger charge is 2.26. The number of hydrogen-bond acceptors (Lipinski definition) is 14. The van der Waals surface area contributed by atoms with Gasteiger partial charge in [0.2, 0.25) is 5.88 Å². The molecule has 2 aliphatic heterocycles. The summed E-state index contributed by atoms with van der Waals surface area (Å²) in [6.07, 6.45) is 17.5. The summed E-state index contributed by atoms with van der Waals surface area (Å²) < 4.78 is 27.5. The van der Waals surface area contributed by atoms with E-state index >= 15 is 0 Å². The van der Waals surface area contributed by atoms with Crippen LogP contribution in [0.4, 0.5) is 0 Å². The van der Waals surface area contributed by atoms with Crippen LogP contribution in [0.1, 0.15) is 327 Å². The third-order valence-electron chi connectivity index (χ3n) is 15.8. The van der Waals surface area contributed by atoms with E-state index in [9.17, 15) is 0 Å². The Morgan fingerprint density at radius 1 is 0.420 bits per heavy atom. The van der Waals surface area contributed by atoms with E-state index in [0.717, 1.165) is 95.0 Å². The Bertz CT molecular complexity index is 3090. The van der Waals surface area contributed by atoms with Crippen LogP contribution in [0.2, 0.25) is 0 Å². The first-order chi connectivity index (χ1) is 41.6. The van der Waals surface area contributed by atoms with E-state index in [-0.39, 0.29) is 11.8 Å². The smallest absolute Gasteiger partial charge is 0.239 e. The number of hydrogen-bond donors (Lipinski definition) is 0. The fourth-order valence-corrected chi connectivity index (χ4v) is 10.8. The lowest BCUT2D eigenvalue weighted by Gasteiger charge is -2.16. The van der Waals surface area contributed by atoms with Crippen LogP contribution in [0, 0.1) is 0 Å². The zero-order chi connectivity index (χ0) is 65.4. The molecule has 0 fully saturated rings. The van der Waals surface area contributed by atoms with E-state index in [4.69, 9.17) is 23.4 Å². The second kappa shape index (κ2) is 33.1. The first-order valence-electron chi connectivity index (χ1n) is 32.6. The minimum atomic E-state index is 0.276. The van der Waals surface area contributed by atoms with E-state index in [0.29, 0.717) is 65.1 Å². The summed E-state index contributed by atoms with van der Waals surface area (Å²) >= 11 is 0. The van der Waals surface area contributed by atoms with Crippen molar-refractivity contribution in [3.8, 4) is 23.1 Å². The molecule has 0 amide bonds. The number of ether oxygens (including phenoxy) is 4. The number of aromatic nitrogens is 9. The van der Waals surface area contributed by atoms with Crippen molar-refractivity contribution >= 4 is 17.0 Å². The SMILES string of the molecule is CC(C)c1cnc(C(C)C)c2c1CC=C2.CC(C)c1cnc(C(C)C)c2c1CCO2.CC(C)c1cnc(C(C)C)c2c1OCC2.CC(C)c1ncc(C(C)C)c2occc12.COc1cc(C(C)C)nnc1C(C)C.COc1nc(C(C)C)nnc1C(C)C. The molecule has 9 heterocycles. The van der Waals surface area contributed by atoms with Gasteiger partial charge in [-0.1, -0.05) is 178 Å². The van der Waals surface area contributed by atoms with Gasteiger partial charge in [0.25, 0.3) is 0 Å². The molecular formula is C74H109N9O5. The van der Waals surface area contributed by atoms with E-state index in [1.807, 2.05) is 58.4 Å². The molecule has 14 nitrogen and oxygen atoms in total. The summed E-state index contributed by atoms with van der Waals surface area (Å²) in [6.45, 7) is 53.2. The average Bonchev–Trinajstić information content (AvgIpc) is 2.92. The molecule has 10 rings (SSSR count). The van der Waals surface area contributed by atoms with Crippen molar-refractivity contribution in [2.45, 2.75) is 256 Å². The van der Waals surface area contributed by atoms with Crippen molar-refractivity contribution in [2.24, 2.45) is 0 Å². The number of pyridine rings is 4. The van der Waals surface area contributed by atoms with Crippen molar-refractivity contribution in [1.29, 1.82) is 0 Å². The first kappa shape index (κ1) is 71.9. The monoisotopic (exact) mass is 1200 g/mol. The number of methoxy groups -OCH3 is 2. The normalized spacial score (nSPS) is 12.9. The predicted octanol–water partition coefficient (Wildman–Crippen LogP) is 19.4. The van der Waals surface area contributed by atoms with Crippen molar-refractivity contribution < 1.29 is 23.4 Å². The summed E-state index contributed by atoms with van der Waals surface area (Å²) in [5, 5.41) is 17.7. The number of furan rings is 1. The van der Waals surface area contributed by atoms with Crippen molar-refractivity contribution in [1.82, 2.24) is 45.3 Å². The molecule has 0 N–H and O–H groups in total. The largest absolute Gasteiger partial charge is 0.495 e. The van der Waals surface area contributed by atoms with Crippen LogP contribution in [0.5, 0.6) is 23.1 Å². The van der Waals surface area contributed by atoms with Crippen LogP contribution in [0.15, 0.2) is 53.7 Å². The third-order valence-corrected chi connectivity index (χ3v) is 15.8. The lowest BCUT2D eigenvalue weighted by atomic mass is 9.93. The zero-order valence-corrected chi connectivity index (χ0v) is 58.7. The van der Waals surface area contributed by atoms with Gasteiger partial charge in [-0.05, 0) is 88.0 Å². The number of allylic oxidation sites excluding steroid dienone is 1. The van der Waals surface area contributed by atoms with Gasteiger partial charge >= 0.3 is 0 Å². The molecule has 3 aliphatic rings. The van der Waals surface area contributed by atoms with E-state index in [2.05, 4.69) is 202 Å². The number of rotatable bonds is 14. The topological polar surface area (TPSA) is 166 Å². The van der Waals surface area contributed by atoms with Gasteiger partial charge < -0.3 is 23.4 Å². The molecule has 0 saturated heterocycles. The lowest BCUT2D eigenvalue weighted by molar-refractivity contribution is 0.350. The second-order valence-electron chi connectivity index (χ2n) is 27.0. The molecule has 0 unspecified atom stereocenters. The Labute approximate surface area is 529 Å². The van der Waals surface area contributed by atoms with Crippen molar-refractivity contribution in [3.05, 3.63) is 139 Å². The maximum atomic E-state index is 5.74. The minimum absolute atomic E-state index is 0.276. The molecule has 88 heavy (non-hydrogen) atoms. The van der Waals surface area contributed by atoms with E-state index in [1.54, 1.807) is 20.5 Å². The van der Waals surface area contributed by atoms with Crippen molar-refractivity contribution in [2.75, 3.05) is 27.4 Å². The number of fused-ring (bicyclic) bond motifs is 4. The van der Waals surface area contributed by atoms with Crippen LogP contribution in [0.3, 0.4) is 0 Å². The molecular weight excluding hydrogens is 1090 g/mol. The second-order valence-corrected chi connectivity index (χ2v) is 27.0. The number of nitrogens with zero attached hydrogens (tertiary/aromatic N) is 9. The van der Waals surface area contributed by atoms with Crippen LogP contribution in [-0.4, -0.2) is 72.7 Å². The quantitative estimate of drug-likeness (QED) is 0.101. The summed E-state index contributed by atoms with van der Waals surface area (Å²) in [4.78, 5) is 22.6. The fourth-order valence-electron chi connectivity index (χ4n) is 10.8. The van der Waals surface area contributed by atoms with Crippen molar-refractivity contribution in [3.63, 3.8) is 0 Å². The van der Waals surface area contributed by atoms with E-state index in [1.165, 1.54) is 55.9 Å². The van der Waals surface area contributed by atoms with Crippen LogP contribution in [0.25, 0.3) is 17.0 Å². The molecule has 0 saturated carbocycles. The highest BCUT2D eigenvalue weighted by molar-refractivity contribution is 5.83. The Morgan fingerprint density at radius 3 is 1.43 bits per heavy atom. The summed E-state index contributed by atoms with van der Waals surface area (Å²) in [5.41, 5.74) is 19.3. The molecule has 0 aromatic carbocycles. The highest BCUT2D eigenvalue weighted by atomic mass is 16.5. The summed E-state index contributed by atoms with van der Waals surface area (Å²) in [6, 6.07) is 4.00. The van der Waals surface area contributed by atoms with Crippen LogP contribution >= 0.6 is 0 Å². The summed E-state index contributed by atoms with van der Waals surface area (Å²) in [7, 11) is 3.28. The summed E-state index contributed by atoms with van der Waals surface area (Å²) in [5.74, 6) is 9.58. The van der Waals surface area contributed by atoms with Gasteiger partial charge in [-0.15, -0.1) is 10.2 Å². The zero-order valence-electron chi connectivity index (χ0n) is 58.7. The van der Waals surface area contributed by atoms with Crippen LogP contribution < -0.4 is 18.9 Å². The fraction of sp³-hybridized carbons (Fsp3) is 0.581. The Morgan fingerprint density at radius 2 is 0.909 bits per heavy atom. The predicted molar refractivity (Wildman–Crippen MR) is 362 cm³/mol. The highest BCUT2D eigenvalue weighted by Crippen LogP contribution is 2.40. The van der Waals surface area contributed by atoms with Gasteiger partial charge in [-0.25, -0.2) is 0 Å². The molecule has 0 bridgehead atoms. The Hall–Kier alpha value is -6.83. The van der Waals surface area contributed by atoms with Gasteiger partial charge in [-0.2, -0.15) is 15.2 Å². The molecule has 0 spiro atoms.